The van der Waals surface area contributed by atoms with Crippen LogP contribution in [-0.4, -0.2) is 65.9 Å². The molecule has 2 rings (SSSR count). The van der Waals surface area contributed by atoms with Gasteiger partial charge in [0.25, 0.3) is 0 Å². The Kier molecular flexibility index (Phi) is 11.8. The summed E-state index contributed by atoms with van der Waals surface area (Å²) >= 11 is 0. The zero-order valence-electron chi connectivity index (χ0n) is 21.3. The second-order valence-corrected chi connectivity index (χ2v) is 8.58. The largest absolute Gasteiger partial charge is 0.343 e. The predicted octanol–water partition coefficient (Wildman–Crippen LogP) is -0.347. The second kappa shape index (κ2) is 15.0. The van der Waals surface area contributed by atoms with Crippen molar-refractivity contribution in [2.75, 3.05) is 31.5 Å². The molecule has 0 saturated heterocycles. The summed E-state index contributed by atoms with van der Waals surface area (Å²) in [6.07, 6.45) is 0.388. The van der Waals surface area contributed by atoms with Crippen molar-refractivity contribution in [3.63, 3.8) is 0 Å². The van der Waals surface area contributed by atoms with Gasteiger partial charge in [0.1, 0.15) is 18.2 Å². The standard InChI is InChI=1S/C26H33N9O3/c1-17-19(15-29)13-20(16-30)24(32-17)34-26(38)22(8-7-18-5-3-2-4-6-18)33-25(37)21(31)14-23(36)35(11-9-27)12-10-28/h2-6,13,21-22H,7-12,14,27-28,31H2,1H3,(H,33,37)(H,32,34,38)/t21-,22-/m0/s1. The highest BCUT2D eigenvalue weighted by Gasteiger charge is 2.27. The van der Waals surface area contributed by atoms with E-state index >= 15 is 0 Å². The monoisotopic (exact) mass is 519 g/mol. The SMILES string of the molecule is Cc1nc(NC(=O)[C@H](CCc2ccccc2)NC(=O)[C@@H](N)CC(=O)N(CCN)CCN)c(C#N)cc1C#N. The number of nitrogens with one attached hydrogen (secondary N) is 2. The molecule has 3 amide bonds. The summed E-state index contributed by atoms with van der Waals surface area (Å²) in [5, 5.41) is 23.9. The van der Waals surface area contributed by atoms with Gasteiger partial charge in [0, 0.05) is 26.2 Å². The van der Waals surface area contributed by atoms with Gasteiger partial charge in [-0.2, -0.15) is 10.5 Å². The van der Waals surface area contributed by atoms with Crippen molar-refractivity contribution in [2.24, 2.45) is 17.2 Å². The van der Waals surface area contributed by atoms with Crippen molar-refractivity contribution in [1.82, 2.24) is 15.2 Å². The van der Waals surface area contributed by atoms with Crippen molar-refractivity contribution in [3.05, 3.63) is 58.8 Å². The molecule has 0 unspecified atom stereocenters. The number of carbonyl (C=O) groups excluding carboxylic acids is 3. The minimum atomic E-state index is -1.21. The highest BCUT2D eigenvalue weighted by atomic mass is 16.2. The van der Waals surface area contributed by atoms with Gasteiger partial charge in [0.2, 0.25) is 17.7 Å². The van der Waals surface area contributed by atoms with Gasteiger partial charge in [-0.15, -0.1) is 0 Å². The average Bonchev–Trinajstić information content (AvgIpc) is 2.91. The third-order valence-electron chi connectivity index (χ3n) is 5.78. The number of amides is 3. The van der Waals surface area contributed by atoms with Gasteiger partial charge in [0.15, 0.2) is 5.82 Å². The van der Waals surface area contributed by atoms with Gasteiger partial charge in [-0.25, -0.2) is 4.98 Å². The number of hydrogen-bond donors (Lipinski definition) is 5. The lowest BCUT2D eigenvalue weighted by atomic mass is 10.0. The number of carbonyl (C=O) groups is 3. The summed E-state index contributed by atoms with van der Waals surface area (Å²) in [7, 11) is 0. The van der Waals surface area contributed by atoms with Gasteiger partial charge in [-0.3, -0.25) is 14.4 Å². The molecular weight excluding hydrogens is 486 g/mol. The van der Waals surface area contributed by atoms with Crippen molar-refractivity contribution in [3.8, 4) is 12.1 Å². The lowest BCUT2D eigenvalue weighted by molar-refractivity contribution is -0.134. The molecule has 12 heteroatoms. The molecule has 1 aromatic carbocycles. The highest BCUT2D eigenvalue weighted by molar-refractivity contribution is 5.98. The smallest absolute Gasteiger partial charge is 0.248 e. The first-order valence-corrected chi connectivity index (χ1v) is 12.1. The number of hydrogen-bond acceptors (Lipinski definition) is 9. The number of nitrogens with zero attached hydrogens (tertiary/aromatic N) is 4. The second-order valence-electron chi connectivity index (χ2n) is 8.58. The molecule has 2 atom stereocenters. The van der Waals surface area contributed by atoms with Crippen molar-refractivity contribution < 1.29 is 14.4 Å². The summed E-state index contributed by atoms with van der Waals surface area (Å²) in [5.74, 6) is -1.69. The van der Waals surface area contributed by atoms with Crippen LogP contribution in [0.15, 0.2) is 36.4 Å². The van der Waals surface area contributed by atoms with Crippen molar-refractivity contribution in [2.45, 2.75) is 38.3 Å². The molecule has 0 radical (unpaired) electrons. The molecule has 12 nitrogen and oxygen atoms in total. The number of anilines is 1. The van der Waals surface area contributed by atoms with Gasteiger partial charge in [0.05, 0.1) is 29.3 Å². The molecule has 0 aliphatic carbocycles. The van der Waals surface area contributed by atoms with Crippen LogP contribution in [0.5, 0.6) is 0 Å². The Morgan fingerprint density at radius 3 is 2.24 bits per heavy atom. The Morgan fingerprint density at radius 1 is 1.03 bits per heavy atom. The molecule has 0 aliphatic rings. The molecule has 8 N–H and O–H groups in total. The third kappa shape index (κ3) is 8.64. The van der Waals surface area contributed by atoms with E-state index in [1.54, 1.807) is 6.92 Å². The first-order valence-electron chi connectivity index (χ1n) is 12.1. The van der Waals surface area contributed by atoms with Crippen molar-refractivity contribution >= 4 is 23.5 Å². The Hall–Kier alpha value is -4.36. The van der Waals surface area contributed by atoms with Crippen LogP contribution in [0.2, 0.25) is 0 Å². The minimum Gasteiger partial charge on any atom is -0.343 e. The topological polar surface area (TPSA) is 217 Å². The Balaban J connectivity index is 2.20. The Labute approximate surface area is 221 Å². The van der Waals surface area contributed by atoms with Crippen LogP contribution >= 0.6 is 0 Å². The summed E-state index contributed by atoms with van der Waals surface area (Å²) in [6.45, 7) is 2.62. The highest BCUT2D eigenvalue weighted by Crippen LogP contribution is 2.17. The molecular formula is C26H33N9O3. The summed E-state index contributed by atoms with van der Waals surface area (Å²) in [5.41, 5.74) is 18.6. The first-order chi connectivity index (χ1) is 18.2. The summed E-state index contributed by atoms with van der Waals surface area (Å²) in [4.78, 5) is 44.4. The zero-order valence-corrected chi connectivity index (χ0v) is 21.3. The molecule has 0 bridgehead atoms. The Bertz CT molecular complexity index is 1200. The van der Waals surface area contributed by atoms with Gasteiger partial charge >= 0.3 is 0 Å². The van der Waals surface area contributed by atoms with Gasteiger partial charge in [-0.05, 0) is 31.4 Å². The first kappa shape index (κ1) is 29.9. The minimum absolute atomic E-state index is 0.0100. The van der Waals surface area contributed by atoms with Crippen LogP contribution in [0.3, 0.4) is 0 Å². The number of aromatic nitrogens is 1. The molecule has 0 aliphatic heterocycles. The van der Waals surface area contributed by atoms with E-state index in [0.717, 1.165) is 5.56 Å². The van der Waals surface area contributed by atoms with Crippen molar-refractivity contribution in [1.29, 1.82) is 10.5 Å². The van der Waals surface area contributed by atoms with E-state index in [0.29, 0.717) is 12.1 Å². The van der Waals surface area contributed by atoms with E-state index < -0.39 is 23.9 Å². The maximum absolute atomic E-state index is 13.2. The number of rotatable bonds is 13. The number of aryl methyl sites for hydroxylation is 2. The third-order valence-corrected chi connectivity index (χ3v) is 5.78. The van der Waals surface area contributed by atoms with Crippen LogP contribution in [0.4, 0.5) is 5.82 Å². The molecule has 0 saturated carbocycles. The van der Waals surface area contributed by atoms with Crippen LogP contribution in [-0.2, 0) is 20.8 Å². The zero-order chi connectivity index (χ0) is 28.1. The van der Waals surface area contributed by atoms with Gasteiger partial charge in [-0.1, -0.05) is 30.3 Å². The maximum Gasteiger partial charge on any atom is 0.248 e. The lowest BCUT2D eigenvalue weighted by Crippen LogP contribution is -2.52. The molecule has 1 heterocycles. The molecule has 2 aromatic rings. The number of benzene rings is 1. The van der Waals surface area contributed by atoms with E-state index in [1.165, 1.54) is 11.0 Å². The number of nitriles is 2. The molecule has 38 heavy (non-hydrogen) atoms. The van der Waals surface area contributed by atoms with E-state index in [-0.39, 0.29) is 61.9 Å². The van der Waals surface area contributed by atoms with E-state index in [4.69, 9.17) is 17.2 Å². The molecule has 1 aromatic heterocycles. The summed E-state index contributed by atoms with van der Waals surface area (Å²) in [6, 6.07) is 12.3. The number of nitrogens with two attached hydrogens (primary N) is 3. The molecule has 0 fully saturated rings. The average molecular weight is 520 g/mol. The molecule has 0 spiro atoms. The maximum atomic E-state index is 13.2. The fourth-order valence-electron chi connectivity index (χ4n) is 3.69. The quantitative estimate of drug-likeness (QED) is 0.233. The van der Waals surface area contributed by atoms with Crippen LogP contribution in [0.25, 0.3) is 0 Å². The van der Waals surface area contributed by atoms with E-state index in [2.05, 4.69) is 15.6 Å². The molecule has 200 valence electrons. The normalized spacial score (nSPS) is 11.9. The van der Waals surface area contributed by atoms with Crippen LogP contribution in [0.1, 0.15) is 35.2 Å². The number of pyridine rings is 1. The fraction of sp³-hybridized carbons (Fsp3) is 0.385. The van der Waals surface area contributed by atoms with Gasteiger partial charge < -0.3 is 32.7 Å². The van der Waals surface area contributed by atoms with E-state index in [1.807, 2.05) is 42.5 Å². The van der Waals surface area contributed by atoms with Crippen LogP contribution < -0.4 is 27.8 Å². The van der Waals surface area contributed by atoms with E-state index in [9.17, 15) is 24.9 Å². The summed E-state index contributed by atoms with van der Waals surface area (Å²) < 4.78 is 0. The fourth-order valence-corrected chi connectivity index (χ4v) is 3.69. The van der Waals surface area contributed by atoms with Crippen LogP contribution in [0, 0.1) is 29.6 Å². The Morgan fingerprint density at radius 2 is 1.66 bits per heavy atom. The lowest BCUT2D eigenvalue weighted by Gasteiger charge is -2.24. The predicted molar refractivity (Wildman–Crippen MR) is 141 cm³/mol.